The van der Waals surface area contributed by atoms with Crippen LogP contribution in [0.5, 0.6) is 5.88 Å². The van der Waals surface area contributed by atoms with Crippen molar-refractivity contribution >= 4 is 16.9 Å². The van der Waals surface area contributed by atoms with Crippen LogP contribution in [-0.2, 0) is 16.6 Å². The van der Waals surface area contributed by atoms with Gasteiger partial charge in [0.2, 0.25) is 5.88 Å². The average molecular weight is 446 g/mol. The maximum Gasteiger partial charge on any atom is 0.490 e. The molecule has 7 nitrogen and oxygen atoms in total. The van der Waals surface area contributed by atoms with E-state index in [-0.39, 0.29) is 11.8 Å². The second-order valence-corrected chi connectivity index (χ2v) is 8.21. The molecule has 0 radical (unpaired) electrons. The number of esters is 1. The summed E-state index contributed by atoms with van der Waals surface area (Å²) in [6, 6.07) is 11.4. The van der Waals surface area contributed by atoms with Crippen LogP contribution in [0.1, 0.15) is 12.8 Å². The summed E-state index contributed by atoms with van der Waals surface area (Å²) in [7, 11) is 1.97. The first-order chi connectivity index (χ1) is 15.3. The maximum absolute atomic E-state index is 12.7. The summed E-state index contributed by atoms with van der Waals surface area (Å²) in [4.78, 5) is 13.2. The van der Waals surface area contributed by atoms with Gasteiger partial charge in [-0.25, -0.2) is 4.79 Å². The van der Waals surface area contributed by atoms with Gasteiger partial charge in [-0.2, -0.15) is 13.2 Å². The summed E-state index contributed by atoms with van der Waals surface area (Å²) in [6.07, 6.45) is -3.39. The number of carbonyl (C=O) groups excluding carboxylic acids is 1. The van der Waals surface area contributed by atoms with E-state index in [2.05, 4.69) is 10.2 Å². The fourth-order valence-electron chi connectivity index (χ4n) is 4.53. The highest BCUT2D eigenvalue weighted by molar-refractivity contribution is 5.85. The SMILES string of the molecule is Cn1ccc2cc(-c3ccc(O[C@@H]4C5CCN(CC5)C4OC(=O)C(F)(F)F)nn3)ccc21. The molecule has 10 heteroatoms. The van der Waals surface area contributed by atoms with Crippen LogP contribution in [0.15, 0.2) is 42.6 Å². The van der Waals surface area contributed by atoms with Gasteiger partial charge in [-0.15, -0.1) is 10.2 Å². The van der Waals surface area contributed by atoms with Crippen molar-refractivity contribution in [2.45, 2.75) is 31.3 Å². The third-order valence-electron chi connectivity index (χ3n) is 6.22. The third-order valence-corrected chi connectivity index (χ3v) is 6.22. The van der Waals surface area contributed by atoms with E-state index < -0.39 is 24.5 Å². The first-order valence-electron chi connectivity index (χ1n) is 10.4. The topological polar surface area (TPSA) is 69.5 Å². The number of aromatic nitrogens is 3. The van der Waals surface area contributed by atoms with Crippen molar-refractivity contribution < 1.29 is 27.4 Å². The van der Waals surface area contributed by atoms with Gasteiger partial charge in [0.25, 0.3) is 0 Å². The number of benzene rings is 1. The molecule has 0 N–H and O–H groups in total. The number of piperidine rings is 3. The van der Waals surface area contributed by atoms with Crippen LogP contribution in [0.3, 0.4) is 0 Å². The summed E-state index contributed by atoms with van der Waals surface area (Å²) < 4.78 is 51.0. The zero-order valence-corrected chi connectivity index (χ0v) is 17.2. The zero-order valence-electron chi connectivity index (χ0n) is 17.2. The molecular formula is C22H21F3N4O3. The second kappa shape index (κ2) is 7.77. The Morgan fingerprint density at radius 2 is 1.88 bits per heavy atom. The van der Waals surface area contributed by atoms with Crippen LogP contribution in [0, 0.1) is 5.92 Å². The first kappa shape index (κ1) is 20.7. The molecular weight excluding hydrogens is 425 g/mol. The first-order valence-corrected chi connectivity index (χ1v) is 10.4. The van der Waals surface area contributed by atoms with E-state index in [1.165, 1.54) is 0 Å². The van der Waals surface area contributed by atoms with Crippen molar-refractivity contribution in [1.29, 1.82) is 0 Å². The van der Waals surface area contributed by atoms with E-state index in [0.29, 0.717) is 18.8 Å². The normalized spacial score (nSPS) is 25.1. The predicted molar refractivity (Wildman–Crippen MR) is 109 cm³/mol. The Labute approximate surface area is 181 Å². The number of hydrogen-bond acceptors (Lipinski definition) is 6. The molecule has 0 aliphatic carbocycles. The Hall–Kier alpha value is -3.14. The minimum Gasteiger partial charge on any atom is -0.468 e. The molecule has 1 aromatic carbocycles. The van der Waals surface area contributed by atoms with Crippen LogP contribution in [-0.4, -0.2) is 57.2 Å². The molecule has 3 saturated heterocycles. The lowest BCUT2D eigenvalue weighted by Crippen LogP contribution is -2.61. The number of hydrogen-bond donors (Lipinski definition) is 0. The predicted octanol–water partition coefficient (Wildman–Crippen LogP) is 3.54. The lowest BCUT2D eigenvalue weighted by atomic mass is 9.84. The number of carbonyl (C=O) groups is 1. The third kappa shape index (κ3) is 3.79. The fraction of sp³-hybridized carbons (Fsp3) is 0.409. The molecule has 168 valence electrons. The molecule has 1 unspecified atom stereocenters. The molecule has 6 rings (SSSR count). The zero-order chi connectivity index (χ0) is 22.5. The molecule has 3 aromatic rings. The number of alkyl halides is 3. The number of ether oxygens (including phenoxy) is 2. The summed E-state index contributed by atoms with van der Waals surface area (Å²) >= 11 is 0. The van der Waals surface area contributed by atoms with Gasteiger partial charge in [-0.3, -0.25) is 4.90 Å². The van der Waals surface area contributed by atoms with Crippen LogP contribution >= 0.6 is 0 Å². The van der Waals surface area contributed by atoms with Gasteiger partial charge in [-0.1, -0.05) is 6.07 Å². The molecule has 0 saturated carbocycles. The van der Waals surface area contributed by atoms with E-state index in [9.17, 15) is 18.0 Å². The molecule has 3 aliphatic heterocycles. The maximum atomic E-state index is 12.7. The molecule has 5 heterocycles. The molecule has 3 fully saturated rings. The Morgan fingerprint density at radius 3 is 2.56 bits per heavy atom. The van der Waals surface area contributed by atoms with E-state index in [1.807, 2.05) is 42.1 Å². The van der Waals surface area contributed by atoms with E-state index >= 15 is 0 Å². The molecule has 0 spiro atoms. The second-order valence-electron chi connectivity index (χ2n) is 8.21. The van der Waals surface area contributed by atoms with E-state index in [0.717, 1.165) is 29.3 Å². The Balaban J connectivity index is 1.34. The van der Waals surface area contributed by atoms with E-state index in [1.54, 1.807) is 17.0 Å². The summed E-state index contributed by atoms with van der Waals surface area (Å²) in [5, 5.41) is 9.43. The molecule has 3 aliphatic rings. The van der Waals surface area contributed by atoms with Gasteiger partial charge < -0.3 is 14.0 Å². The minimum atomic E-state index is -5.05. The van der Waals surface area contributed by atoms with Crippen LogP contribution in [0.25, 0.3) is 22.2 Å². The lowest BCUT2D eigenvalue weighted by molar-refractivity contribution is -0.233. The van der Waals surface area contributed by atoms with Crippen molar-refractivity contribution in [3.05, 3.63) is 42.6 Å². The molecule has 2 aromatic heterocycles. The fourth-order valence-corrected chi connectivity index (χ4v) is 4.53. The van der Waals surface area contributed by atoms with Gasteiger partial charge in [0.15, 0.2) is 12.3 Å². The highest BCUT2D eigenvalue weighted by Crippen LogP contribution is 2.36. The average Bonchev–Trinajstić information content (AvgIpc) is 3.16. The summed E-state index contributed by atoms with van der Waals surface area (Å²) in [5.41, 5.74) is 2.64. The number of rotatable bonds is 4. The van der Waals surface area contributed by atoms with Gasteiger partial charge >= 0.3 is 12.1 Å². The minimum absolute atomic E-state index is 0.0204. The van der Waals surface area contributed by atoms with Crippen LogP contribution in [0.2, 0.25) is 0 Å². The van der Waals surface area contributed by atoms with Crippen LogP contribution < -0.4 is 4.74 Å². The Kier molecular flexibility index (Phi) is 5.04. The number of nitrogens with zero attached hydrogens (tertiary/aromatic N) is 4. The van der Waals surface area contributed by atoms with Crippen molar-refractivity contribution in [2.24, 2.45) is 13.0 Å². The largest absolute Gasteiger partial charge is 0.490 e. The van der Waals surface area contributed by atoms with Crippen molar-refractivity contribution in [1.82, 2.24) is 19.7 Å². The van der Waals surface area contributed by atoms with Crippen molar-refractivity contribution in [3.8, 4) is 17.1 Å². The Bertz CT molecular complexity index is 1140. The summed E-state index contributed by atoms with van der Waals surface area (Å²) in [5.74, 6) is -2.05. The van der Waals surface area contributed by atoms with E-state index in [4.69, 9.17) is 9.47 Å². The summed E-state index contributed by atoms with van der Waals surface area (Å²) in [6.45, 7) is 1.12. The smallest absolute Gasteiger partial charge is 0.468 e. The quantitative estimate of drug-likeness (QED) is 0.571. The number of aryl methyl sites for hydroxylation is 1. The monoisotopic (exact) mass is 446 g/mol. The standard InChI is InChI=1S/C22H21F3N4O3/c1-28-9-6-15-12-14(2-4-17(15)28)16-3-5-18(27-26-16)31-19-13-7-10-29(11-8-13)20(19)32-21(30)22(23,24)25/h2-6,9,12-13,19-20H,7-8,10-11H2,1H3/t19-,20?/m1/s1. The molecule has 32 heavy (non-hydrogen) atoms. The highest BCUT2D eigenvalue weighted by Gasteiger charge is 2.50. The number of halogens is 3. The Morgan fingerprint density at radius 1 is 1.09 bits per heavy atom. The van der Waals surface area contributed by atoms with Gasteiger partial charge in [0.1, 0.15) is 0 Å². The molecule has 0 amide bonds. The van der Waals surface area contributed by atoms with Gasteiger partial charge in [0, 0.05) is 54.8 Å². The van der Waals surface area contributed by atoms with Crippen LogP contribution in [0.4, 0.5) is 13.2 Å². The lowest BCUT2D eigenvalue weighted by Gasteiger charge is -2.48. The highest BCUT2D eigenvalue weighted by atomic mass is 19.4. The molecule has 2 atom stereocenters. The van der Waals surface area contributed by atoms with Gasteiger partial charge in [0.05, 0.1) is 5.69 Å². The van der Waals surface area contributed by atoms with Gasteiger partial charge in [-0.05, 0) is 37.1 Å². The number of fused-ring (bicyclic) bond motifs is 4. The van der Waals surface area contributed by atoms with Crippen molar-refractivity contribution in [2.75, 3.05) is 13.1 Å². The van der Waals surface area contributed by atoms with Crippen molar-refractivity contribution in [3.63, 3.8) is 0 Å². The molecule has 2 bridgehead atoms.